The van der Waals surface area contributed by atoms with Crippen LogP contribution >= 0.6 is 27.7 Å². The van der Waals surface area contributed by atoms with Gasteiger partial charge in [0.05, 0.1) is 0 Å². The summed E-state index contributed by atoms with van der Waals surface area (Å²) >= 11 is 5.18. The van der Waals surface area contributed by atoms with E-state index in [0.29, 0.717) is 13.0 Å². The zero-order chi connectivity index (χ0) is 21.9. The van der Waals surface area contributed by atoms with Crippen LogP contribution in [-0.4, -0.2) is 34.6 Å². The van der Waals surface area contributed by atoms with E-state index in [4.69, 9.17) is 0 Å². The first-order valence-corrected chi connectivity index (χ1v) is 12.3. The second-order valence-electron chi connectivity index (χ2n) is 7.43. The molecule has 0 aromatic heterocycles. The molecule has 2 rings (SSSR count). The lowest BCUT2D eigenvalue weighted by Gasteiger charge is -2.29. The minimum absolute atomic E-state index is 0.00489. The molecule has 4 nitrogen and oxygen atoms in total. The van der Waals surface area contributed by atoms with E-state index in [1.54, 1.807) is 16.7 Å². The van der Waals surface area contributed by atoms with E-state index in [9.17, 15) is 9.59 Å². The number of nitrogens with zero attached hydrogens (tertiary/aromatic N) is 1. The Hall–Kier alpha value is -1.79. The summed E-state index contributed by atoms with van der Waals surface area (Å²) in [5.41, 5.74) is 2.26. The Labute approximate surface area is 192 Å². The lowest BCUT2D eigenvalue weighted by molar-refractivity contribution is -0.140. The summed E-state index contributed by atoms with van der Waals surface area (Å²) in [6.45, 7) is 6.24. The summed E-state index contributed by atoms with van der Waals surface area (Å²) in [7, 11) is 0. The summed E-state index contributed by atoms with van der Waals surface area (Å²) in [6, 6.07) is 17.7. The Morgan fingerprint density at radius 2 is 1.70 bits per heavy atom. The number of hydrogen-bond acceptors (Lipinski definition) is 3. The quantitative estimate of drug-likeness (QED) is 0.428. The van der Waals surface area contributed by atoms with E-state index in [-0.39, 0.29) is 17.9 Å². The minimum Gasteiger partial charge on any atom is -0.352 e. The second kappa shape index (κ2) is 12.8. The lowest BCUT2D eigenvalue weighted by atomic mass is 10.1. The third-order valence-electron chi connectivity index (χ3n) is 5.01. The average molecular weight is 491 g/mol. The predicted molar refractivity (Wildman–Crippen MR) is 129 cm³/mol. The molecule has 0 spiro atoms. The summed E-state index contributed by atoms with van der Waals surface area (Å²) < 4.78 is 0.990. The standard InChI is InChI=1S/C24H31BrN2O2S/c1-4-18(2)26-24(29)19(3)27(16-20-10-12-22(25)13-11-20)23(28)14-15-30-17-21-8-6-5-7-9-21/h5-13,18-19H,4,14-17H2,1-3H3,(H,26,29)/t18-,19+/m0/s1. The van der Waals surface area contributed by atoms with Gasteiger partial charge in [-0.15, -0.1) is 0 Å². The fraction of sp³-hybridized carbons (Fsp3) is 0.417. The molecule has 30 heavy (non-hydrogen) atoms. The van der Waals surface area contributed by atoms with Crippen molar-refractivity contribution >= 4 is 39.5 Å². The monoisotopic (exact) mass is 490 g/mol. The van der Waals surface area contributed by atoms with Crippen molar-refractivity contribution in [1.29, 1.82) is 0 Å². The molecular weight excluding hydrogens is 460 g/mol. The highest BCUT2D eigenvalue weighted by molar-refractivity contribution is 9.10. The molecule has 0 aliphatic heterocycles. The Kier molecular flexibility index (Phi) is 10.4. The highest BCUT2D eigenvalue weighted by Crippen LogP contribution is 2.17. The molecule has 162 valence electrons. The second-order valence-corrected chi connectivity index (χ2v) is 9.45. The van der Waals surface area contributed by atoms with Crippen LogP contribution < -0.4 is 5.32 Å². The number of halogens is 1. The van der Waals surface area contributed by atoms with Crippen LogP contribution in [-0.2, 0) is 21.9 Å². The average Bonchev–Trinajstić information content (AvgIpc) is 2.76. The molecule has 1 N–H and O–H groups in total. The van der Waals surface area contributed by atoms with Gasteiger partial charge in [0.25, 0.3) is 0 Å². The maximum atomic E-state index is 13.1. The Morgan fingerprint density at radius 1 is 1.03 bits per heavy atom. The fourth-order valence-electron chi connectivity index (χ4n) is 2.90. The molecule has 0 saturated heterocycles. The number of nitrogens with one attached hydrogen (secondary N) is 1. The van der Waals surface area contributed by atoms with Gasteiger partial charge in [0.1, 0.15) is 6.04 Å². The van der Waals surface area contributed by atoms with Crippen LogP contribution in [0.4, 0.5) is 0 Å². The van der Waals surface area contributed by atoms with Crippen LogP contribution in [0.15, 0.2) is 59.1 Å². The molecule has 0 aliphatic carbocycles. The normalized spacial score (nSPS) is 12.8. The van der Waals surface area contributed by atoms with Crippen LogP contribution in [0, 0.1) is 0 Å². The van der Waals surface area contributed by atoms with Gasteiger partial charge in [0.2, 0.25) is 11.8 Å². The van der Waals surface area contributed by atoms with Gasteiger partial charge in [-0.1, -0.05) is 65.3 Å². The molecule has 6 heteroatoms. The van der Waals surface area contributed by atoms with Crippen molar-refractivity contribution in [3.63, 3.8) is 0 Å². The molecule has 0 bridgehead atoms. The third kappa shape index (κ3) is 8.15. The summed E-state index contributed by atoms with van der Waals surface area (Å²) in [5, 5.41) is 3.00. The fourth-order valence-corrected chi connectivity index (χ4v) is 4.06. The van der Waals surface area contributed by atoms with E-state index in [1.165, 1.54) is 5.56 Å². The van der Waals surface area contributed by atoms with Crippen LogP contribution in [0.1, 0.15) is 44.7 Å². The topological polar surface area (TPSA) is 49.4 Å². The SMILES string of the molecule is CC[C@H](C)NC(=O)[C@@H](C)N(Cc1ccc(Br)cc1)C(=O)CCSCc1ccccc1. The van der Waals surface area contributed by atoms with Crippen molar-refractivity contribution in [2.24, 2.45) is 0 Å². The Bertz CT molecular complexity index is 799. The number of hydrogen-bond donors (Lipinski definition) is 1. The molecule has 2 atom stereocenters. The predicted octanol–water partition coefficient (Wildman–Crippen LogP) is 5.40. The summed E-state index contributed by atoms with van der Waals surface area (Å²) in [4.78, 5) is 27.4. The van der Waals surface area contributed by atoms with E-state index >= 15 is 0 Å². The Balaban J connectivity index is 2.00. The van der Waals surface area contributed by atoms with Gasteiger partial charge >= 0.3 is 0 Å². The summed E-state index contributed by atoms with van der Waals surface area (Å²) in [5.74, 6) is 1.51. The van der Waals surface area contributed by atoms with Gasteiger partial charge in [0, 0.05) is 35.0 Å². The molecule has 0 radical (unpaired) electrons. The number of carbonyl (C=O) groups excluding carboxylic acids is 2. The molecule has 0 fully saturated rings. The van der Waals surface area contributed by atoms with Crippen LogP contribution in [0.5, 0.6) is 0 Å². The van der Waals surface area contributed by atoms with E-state index < -0.39 is 6.04 Å². The van der Waals surface area contributed by atoms with Gasteiger partial charge < -0.3 is 10.2 Å². The van der Waals surface area contributed by atoms with Crippen LogP contribution in [0.3, 0.4) is 0 Å². The van der Waals surface area contributed by atoms with Gasteiger partial charge in [0.15, 0.2) is 0 Å². The zero-order valence-electron chi connectivity index (χ0n) is 17.9. The first kappa shape index (κ1) is 24.5. The van der Waals surface area contributed by atoms with Crippen molar-refractivity contribution in [2.45, 2.75) is 58.0 Å². The molecule has 2 aromatic rings. The molecular formula is C24H31BrN2O2S. The van der Waals surface area contributed by atoms with Crippen molar-refractivity contribution in [2.75, 3.05) is 5.75 Å². The number of amides is 2. The zero-order valence-corrected chi connectivity index (χ0v) is 20.3. The van der Waals surface area contributed by atoms with E-state index in [1.807, 2.05) is 63.2 Å². The molecule has 0 saturated carbocycles. The van der Waals surface area contributed by atoms with Crippen molar-refractivity contribution in [3.8, 4) is 0 Å². The van der Waals surface area contributed by atoms with E-state index in [2.05, 4.69) is 33.4 Å². The van der Waals surface area contributed by atoms with Gasteiger partial charge in [-0.05, 0) is 43.5 Å². The highest BCUT2D eigenvalue weighted by atomic mass is 79.9. The summed E-state index contributed by atoms with van der Waals surface area (Å²) in [6.07, 6.45) is 1.27. The van der Waals surface area contributed by atoms with Crippen LogP contribution in [0.2, 0.25) is 0 Å². The van der Waals surface area contributed by atoms with Gasteiger partial charge in [-0.2, -0.15) is 11.8 Å². The maximum Gasteiger partial charge on any atom is 0.242 e. The molecule has 0 unspecified atom stereocenters. The number of thioether (sulfide) groups is 1. The first-order chi connectivity index (χ1) is 14.4. The third-order valence-corrected chi connectivity index (χ3v) is 6.57. The van der Waals surface area contributed by atoms with Crippen LogP contribution in [0.25, 0.3) is 0 Å². The number of carbonyl (C=O) groups is 2. The molecule has 2 aromatic carbocycles. The van der Waals surface area contributed by atoms with E-state index in [0.717, 1.165) is 28.0 Å². The maximum absolute atomic E-state index is 13.1. The smallest absolute Gasteiger partial charge is 0.242 e. The number of benzene rings is 2. The van der Waals surface area contributed by atoms with Gasteiger partial charge in [-0.3, -0.25) is 9.59 Å². The molecule has 0 heterocycles. The van der Waals surface area contributed by atoms with Gasteiger partial charge in [-0.25, -0.2) is 0 Å². The highest BCUT2D eigenvalue weighted by Gasteiger charge is 2.26. The minimum atomic E-state index is -0.519. The van der Waals surface area contributed by atoms with Crippen molar-refractivity contribution in [1.82, 2.24) is 10.2 Å². The molecule has 0 aliphatic rings. The number of rotatable bonds is 11. The van der Waals surface area contributed by atoms with Crippen molar-refractivity contribution in [3.05, 3.63) is 70.2 Å². The van der Waals surface area contributed by atoms with Crippen molar-refractivity contribution < 1.29 is 9.59 Å². The Morgan fingerprint density at radius 3 is 2.33 bits per heavy atom. The lowest BCUT2D eigenvalue weighted by Crippen LogP contribution is -2.49. The molecule has 2 amide bonds. The largest absolute Gasteiger partial charge is 0.352 e. The first-order valence-electron chi connectivity index (χ1n) is 10.4.